The number of hydrogen-bond acceptors (Lipinski definition) is 5. The van der Waals surface area contributed by atoms with Crippen molar-refractivity contribution >= 4 is 17.1 Å². The molecule has 1 fully saturated rings. The van der Waals surface area contributed by atoms with E-state index in [9.17, 15) is 9.90 Å². The van der Waals surface area contributed by atoms with Gasteiger partial charge in [0.25, 0.3) is 5.56 Å². The lowest BCUT2D eigenvalue weighted by molar-refractivity contribution is 0.171. The Kier molecular flexibility index (Phi) is 6.70. The lowest BCUT2D eigenvalue weighted by atomic mass is 10.1. The van der Waals surface area contributed by atoms with Crippen molar-refractivity contribution < 1.29 is 5.11 Å². The molecule has 31 heavy (non-hydrogen) atoms. The average Bonchev–Trinajstić information content (AvgIpc) is 3.33. The maximum atomic E-state index is 13.4. The molecule has 7 nitrogen and oxygen atoms in total. The predicted octanol–water partition coefficient (Wildman–Crippen LogP) is 3.63. The van der Waals surface area contributed by atoms with Gasteiger partial charge in [-0.2, -0.15) is 4.98 Å². The number of hydrogen-bond donors (Lipinski definition) is 2. The van der Waals surface area contributed by atoms with Gasteiger partial charge in [0.15, 0.2) is 11.2 Å². The maximum Gasteiger partial charge on any atom is 0.280 e. The molecular formula is C24H33N5O2. The molecule has 0 spiro atoms. The molecule has 0 radical (unpaired) electrons. The highest BCUT2D eigenvalue weighted by Gasteiger charge is 2.27. The van der Waals surface area contributed by atoms with E-state index in [1.54, 1.807) is 11.6 Å². The van der Waals surface area contributed by atoms with E-state index in [1.807, 2.05) is 22.8 Å². The molecule has 2 heterocycles. The van der Waals surface area contributed by atoms with E-state index < -0.39 is 6.10 Å². The van der Waals surface area contributed by atoms with Gasteiger partial charge in [-0.15, -0.1) is 0 Å². The van der Waals surface area contributed by atoms with Crippen molar-refractivity contribution in [1.29, 1.82) is 0 Å². The average molecular weight is 424 g/mol. The van der Waals surface area contributed by atoms with Crippen molar-refractivity contribution in [3.8, 4) is 0 Å². The Morgan fingerprint density at radius 1 is 1.13 bits per heavy atom. The van der Waals surface area contributed by atoms with E-state index in [-0.39, 0.29) is 11.6 Å². The molecule has 0 saturated heterocycles. The lowest BCUT2D eigenvalue weighted by Gasteiger charge is -2.18. The molecule has 4 rings (SSSR count). The fraction of sp³-hybridized carbons (Fsp3) is 0.542. The third kappa shape index (κ3) is 4.66. The van der Waals surface area contributed by atoms with Gasteiger partial charge in [0, 0.05) is 20.0 Å². The molecule has 0 aliphatic heterocycles. The number of unbranched alkanes of at least 4 members (excludes halogenated alkanes) is 3. The molecule has 1 aliphatic carbocycles. The van der Waals surface area contributed by atoms with Crippen molar-refractivity contribution in [2.45, 2.75) is 77.0 Å². The van der Waals surface area contributed by atoms with Crippen LogP contribution in [0.1, 0.15) is 63.3 Å². The summed E-state index contributed by atoms with van der Waals surface area (Å²) < 4.78 is 3.59. The highest BCUT2D eigenvalue weighted by atomic mass is 16.3. The van der Waals surface area contributed by atoms with E-state index in [1.165, 1.54) is 12.8 Å². The summed E-state index contributed by atoms with van der Waals surface area (Å²) in [6.45, 7) is 2.81. The largest absolute Gasteiger partial charge is 0.391 e. The quantitative estimate of drug-likeness (QED) is 0.514. The molecular weight excluding hydrogens is 390 g/mol. The molecule has 1 aliphatic rings. The fourth-order valence-corrected chi connectivity index (χ4v) is 4.45. The molecule has 2 N–H and O–H groups in total. The number of aryl methyl sites for hydroxylation is 1. The summed E-state index contributed by atoms with van der Waals surface area (Å²) in [4.78, 5) is 22.9. The van der Waals surface area contributed by atoms with Gasteiger partial charge in [-0.25, -0.2) is 4.98 Å². The van der Waals surface area contributed by atoms with Crippen molar-refractivity contribution in [1.82, 2.24) is 19.1 Å². The summed E-state index contributed by atoms with van der Waals surface area (Å²) in [5, 5.41) is 13.5. The van der Waals surface area contributed by atoms with Crippen LogP contribution in [0, 0.1) is 0 Å². The van der Waals surface area contributed by atoms with Gasteiger partial charge < -0.3 is 15.0 Å². The van der Waals surface area contributed by atoms with E-state index in [4.69, 9.17) is 9.97 Å². The van der Waals surface area contributed by atoms with Crippen LogP contribution in [0.5, 0.6) is 0 Å². The number of anilines is 1. The van der Waals surface area contributed by atoms with Gasteiger partial charge in [-0.1, -0.05) is 56.5 Å². The van der Waals surface area contributed by atoms with Crippen LogP contribution in [0.3, 0.4) is 0 Å². The number of imidazole rings is 1. The van der Waals surface area contributed by atoms with Crippen LogP contribution in [0.4, 0.5) is 5.95 Å². The van der Waals surface area contributed by atoms with Crippen molar-refractivity contribution in [2.75, 3.05) is 5.32 Å². The van der Waals surface area contributed by atoms with E-state index in [0.717, 1.165) is 49.9 Å². The molecule has 3 aromatic rings. The first-order chi connectivity index (χ1) is 15.1. The Morgan fingerprint density at radius 3 is 2.65 bits per heavy atom. The first-order valence-electron chi connectivity index (χ1n) is 11.5. The second-order valence-corrected chi connectivity index (χ2v) is 8.63. The first-order valence-corrected chi connectivity index (χ1v) is 11.5. The van der Waals surface area contributed by atoms with Crippen molar-refractivity contribution in [3.05, 3.63) is 52.1 Å². The number of nitrogens with zero attached hydrogens (tertiary/aromatic N) is 4. The molecule has 2 aromatic heterocycles. The minimum Gasteiger partial charge on any atom is -0.391 e. The molecule has 166 valence electrons. The van der Waals surface area contributed by atoms with Gasteiger partial charge >= 0.3 is 0 Å². The zero-order valence-electron chi connectivity index (χ0n) is 18.5. The number of aromatic nitrogens is 4. The Bertz CT molecular complexity index is 1070. The number of rotatable bonds is 9. The second-order valence-electron chi connectivity index (χ2n) is 8.63. The minimum atomic E-state index is -0.405. The van der Waals surface area contributed by atoms with Crippen LogP contribution in [0.15, 0.2) is 35.1 Å². The minimum absolute atomic E-state index is 0.0736. The Balaban J connectivity index is 1.72. The summed E-state index contributed by atoms with van der Waals surface area (Å²) in [6, 6.07) is 10.1. The van der Waals surface area contributed by atoms with Gasteiger partial charge in [0.05, 0.1) is 12.1 Å². The van der Waals surface area contributed by atoms with Gasteiger partial charge in [-0.3, -0.25) is 9.36 Å². The maximum absolute atomic E-state index is 13.4. The fourth-order valence-electron chi connectivity index (χ4n) is 4.45. The molecule has 2 atom stereocenters. The van der Waals surface area contributed by atoms with Crippen LogP contribution < -0.4 is 10.9 Å². The lowest BCUT2D eigenvalue weighted by Crippen LogP contribution is -2.32. The molecule has 1 saturated carbocycles. The molecule has 0 bridgehead atoms. The second kappa shape index (κ2) is 9.64. The molecule has 7 heteroatoms. The van der Waals surface area contributed by atoms with Gasteiger partial charge in [-0.05, 0) is 31.2 Å². The Labute approximate surface area is 183 Å². The number of aliphatic hydroxyl groups excluding tert-OH is 1. The summed E-state index contributed by atoms with van der Waals surface area (Å²) in [6.07, 6.45) is 7.65. The molecule has 0 amide bonds. The van der Waals surface area contributed by atoms with Crippen LogP contribution >= 0.6 is 0 Å². The summed E-state index contributed by atoms with van der Waals surface area (Å²) in [7, 11) is 1.74. The monoisotopic (exact) mass is 423 g/mol. The van der Waals surface area contributed by atoms with E-state index in [0.29, 0.717) is 23.7 Å². The topological polar surface area (TPSA) is 85.0 Å². The van der Waals surface area contributed by atoms with Crippen LogP contribution in [0.2, 0.25) is 0 Å². The Hall–Kier alpha value is -2.67. The first kappa shape index (κ1) is 21.6. The zero-order valence-corrected chi connectivity index (χ0v) is 18.5. The summed E-state index contributed by atoms with van der Waals surface area (Å²) in [5.41, 5.74) is 2.06. The smallest absolute Gasteiger partial charge is 0.280 e. The predicted molar refractivity (Wildman–Crippen MR) is 123 cm³/mol. The molecule has 1 aromatic carbocycles. The Morgan fingerprint density at radius 2 is 1.94 bits per heavy atom. The highest BCUT2D eigenvalue weighted by molar-refractivity contribution is 5.72. The number of nitrogens with one attached hydrogen (secondary N) is 1. The number of aliphatic hydroxyl groups is 1. The van der Waals surface area contributed by atoms with E-state index in [2.05, 4.69) is 24.4 Å². The van der Waals surface area contributed by atoms with Crippen molar-refractivity contribution in [3.63, 3.8) is 0 Å². The number of benzene rings is 1. The SMILES string of the molecule is CCCCCCc1nc2nc(N[C@@H]3CCC[C@H]3O)n(C)c(=O)c2n1Cc1ccccc1. The van der Waals surface area contributed by atoms with Crippen LogP contribution in [-0.4, -0.2) is 36.4 Å². The van der Waals surface area contributed by atoms with Gasteiger partial charge in [0.2, 0.25) is 5.95 Å². The van der Waals surface area contributed by atoms with E-state index >= 15 is 0 Å². The summed E-state index contributed by atoms with van der Waals surface area (Å²) >= 11 is 0. The zero-order chi connectivity index (χ0) is 21.8. The van der Waals surface area contributed by atoms with Crippen LogP contribution in [0.25, 0.3) is 11.2 Å². The van der Waals surface area contributed by atoms with Crippen molar-refractivity contribution in [2.24, 2.45) is 7.05 Å². The summed E-state index contributed by atoms with van der Waals surface area (Å²) in [5.74, 6) is 1.39. The van der Waals surface area contributed by atoms with Gasteiger partial charge in [0.1, 0.15) is 5.82 Å². The number of fused-ring (bicyclic) bond motifs is 1. The standard InChI is InChI=1S/C24H33N5O2/c1-3-4-5-9-15-20-26-22-21(29(20)16-17-11-7-6-8-12-17)23(31)28(2)24(27-22)25-18-13-10-14-19(18)30/h6-8,11-12,18-19,30H,3-5,9-10,13-16H2,1-2H3,(H,25,27)/t18-,19-/m1/s1. The third-order valence-electron chi connectivity index (χ3n) is 6.30. The van der Waals surface area contributed by atoms with Crippen LogP contribution in [-0.2, 0) is 20.0 Å². The highest BCUT2D eigenvalue weighted by Crippen LogP contribution is 2.23. The molecule has 0 unspecified atom stereocenters. The normalized spacial score (nSPS) is 18.7. The third-order valence-corrected chi connectivity index (χ3v) is 6.30.